The molecule has 0 atom stereocenters. The molecule has 0 aliphatic heterocycles. The van der Waals surface area contributed by atoms with E-state index < -0.39 is 0 Å². The first-order chi connectivity index (χ1) is 11.7. The van der Waals surface area contributed by atoms with Crippen LogP contribution in [-0.4, -0.2) is 14.7 Å². The normalized spacial score (nSPS) is 11.1. The molecule has 0 spiro atoms. The maximum absolute atomic E-state index is 13.3. The summed E-state index contributed by atoms with van der Waals surface area (Å²) >= 11 is 3.65. The Morgan fingerprint density at radius 2 is 1.67 bits per heavy atom. The van der Waals surface area contributed by atoms with Crippen molar-refractivity contribution in [2.24, 2.45) is 0 Å². The Balaban J connectivity index is 2.11. The van der Waals surface area contributed by atoms with Gasteiger partial charge in [0.05, 0.1) is 27.9 Å². The number of halogens is 2. The maximum atomic E-state index is 13.3. The maximum Gasteiger partial charge on any atom is 0.143 e. The molecule has 0 unspecified atom stereocenters. The first-order valence-corrected chi connectivity index (χ1v) is 8.14. The van der Waals surface area contributed by atoms with Crippen molar-refractivity contribution in [1.29, 1.82) is 0 Å². The minimum absolute atomic E-state index is 0.105. The van der Waals surface area contributed by atoms with E-state index in [1.54, 1.807) is 18.3 Å². The molecule has 1 N–H and O–H groups in total. The standard InChI is InChI=1S/C19H12BrFN2O/c20-19-17(12-4-2-1-3-5-12)18-15(10-22-11-16(18)24)23(19)14-8-6-13(21)7-9-14/h1-11,24H. The van der Waals surface area contributed by atoms with Gasteiger partial charge in [-0.3, -0.25) is 4.98 Å². The van der Waals surface area contributed by atoms with E-state index in [1.165, 1.54) is 18.3 Å². The van der Waals surface area contributed by atoms with Crippen molar-refractivity contribution in [3.63, 3.8) is 0 Å². The van der Waals surface area contributed by atoms with Crippen molar-refractivity contribution in [3.8, 4) is 22.6 Å². The van der Waals surface area contributed by atoms with Crippen LogP contribution in [0.4, 0.5) is 4.39 Å². The number of hydrogen-bond donors (Lipinski definition) is 1. The second kappa shape index (κ2) is 5.76. The summed E-state index contributed by atoms with van der Waals surface area (Å²) in [5.74, 6) is -0.191. The molecule has 0 amide bonds. The van der Waals surface area contributed by atoms with E-state index >= 15 is 0 Å². The summed E-state index contributed by atoms with van der Waals surface area (Å²) in [7, 11) is 0. The number of aromatic nitrogens is 2. The largest absolute Gasteiger partial charge is 0.506 e. The van der Waals surface area contributed by atoms with E-state index in [0.29, 0.717) is 5.39 Å². The third-order valence-electron chi connectivity index (χ3n) is 3.95. The summed E-state index contributed by atoms with van der Waals surface area (Å²) in [6, 6.07) is 16.0. The third kappa shape index (κ3) is 2.29. The van der Waals surface area contributed by atoms with Crippen LogP contribution in [-0.2, 0) is 0 Å². The fraction of sp³-hybridized carbons (Fsp3) is 0. The zero-order valence-electron chi connectivity index (χ0n) is 12.4. The molecule has 0 saturated heterocycles. The Morgan fingerprint density at radius 3 is 2.38 bits per heavy atom. The molecule has 4 rings (SSSR count). The van der Waals surface area contributed by atoms with Crippen molar-refractivity contribution in [2.45, 2.75) is 0 Å². The van der Waals surface area contributed by atoms with E-state index in [1.807, 2.05) is 34.9 Å². The van der Waals surface area contributed by atoms with Crippen LogP contribution in [0.2, 0.25) is 0 Å². The summed E-state index contributed by atoms with van der Waals surface area (Å²) < 4.78 is 16.0. The van der Waals surface area contributed by atoms with E-state index in [4.69, 9.17) is 0 Å². The number of rotatable bonds is 2. The molecule has 0 aliphatic carbocycles. The highest BCUT2D eigenvalue weighted by atomic mass is 79.9. The molecule has 2 aromatic carbocycles. The van der Waals surface area contributed by atoms with E-state index in [-0.39, 0.29) is 11.6 Å². The summed E-state index contributed by atoms with van der Waals surface area (Å²) in [5, 5.41) is 11.1. The predicted molar refractivity (Wildman–Crippen MR) is 95.8 cm³/mol. The lowest BCUT2D eigenvalue weighted by Crippen LogP contribution is -1.94. The van der Waals surface area contributed by atoms with Crippen molar-refractivity contribution < 1.29 is 9.50 Å². The van der Waals surface area contributed by atoms with Crippen LogP contribution in [0.3, 0.4) is 0 Å². The zero-order chi connectivity index (χ0) is 16.7. The fourth-order valence-electron chi connectivity index (χ4n) is 2.90. The van der Waals surface area contributed by atoms with Crippen molar-refractivity contribution in [2.75, 3.05) is 0 Å². The lowest BCUT2D eigenvalue weighted by molar-refractivity contribution is 0.479. The van der Waals surface area contributed by atoms with Crippen LogP contribution in [0.1, 0.15) is 0 Å². The monoisotopic (exact) mass is 382 g/mol. The lowest BCUT2D eigenvalue weighted by Gasteiger charge is -2.07. The molecule has 24 heavy (non-hydrogen) atoms. The van der Waals surface area contributed by atoms with Gasteiger partial charge in [0.2, 0.25) is 0 Å². The zero-order valence-corrected chi connectivity index (χ0v) is 14.0. The first-order valence-electron chi connectivity index (χ1n) is 7.35. The smallest absolute Gasteiger partial charge is 0.143 e. The van der Waals surface area contributed by atoms with Crippen molar-refractivity contribution >= 4 is 26.8 Å². The SMILES string of the molecule is Oc1cncc2c1c(-c1ccccc1)c(Br)n2-c1ccc(F)cc1. The van der Waals surface area contributed by atoms with Gasteiger partial charge in [-0.2, -0.15) is 0 Å². The molecule has 2 heterocycles. The summed E-state index contributed by atoms with van der Waals surface area (Å²) in [6.45, 7) is 0. The number of nitrogens with zero attached hydrogens (tertiary/aromatic N) is 2. The molecule has 0 saturated carbocycles. The van der Waals surface area contributed by atoms with Crippen LogP contribution in [0.5, 0.6) is 5.75 Å². The number of aromatic hydroxyl groups is 1. The Bertz CT molecular complexity index is 1030. The number of fused-ring (bicyclic) bond motifs is 1. The van der Waals surface area contributed by atoms with Gasteiger partial charge in [0.1, 0.15) is 11.6 Å². The highest BCUT2D eigenvalue weighted by Gasteiger charge is 2.20. The summed E-state index contributed by atoms with van der Waals surface area (Å²) in [4.78, 5) is 4.10. The number of pyridine rings is 1. The Kier molecular flexibility index (Phi) is 3.58. The molecule has 0 radical (unpaired) electrons. The Hall–Kier alpha value is -2.66. The highest BCUT2D eigenvalue weighted by molar-refractivity contribution is 9.10. The van der Waals surface area contributed by atoms with E-state index in [0.717, 1.165) is 26.9 Å². The molecule has 0 fully saturated rings. The molecule has 5 heteroatoms. The van der Waals surface area contributed by atoms with E-state index in [2.05, 4.69) is 20.9 Å². The minimum Gasteiger partial charge on any atom is -0.506 e. The quantitative estimate of drug-likeness (QED) is 0.510. The van der Waals surface area contributed by atoms with Gasteiger partial charge < -0.3 is 9.67 Å². The van der Waals surface area contributed by atoms with Gasteiger partial charge in [0, 0.05) is 11.3 Å². The number of benzene rings is 2. The van der Waals surface area contributed by atoms with Crippen LogP contribution in [0.25, 0.3) is 27.7 Å². The van der Waals surface area contributed by atoms with Gasteiger partial charge >= 0.3 is 0 Å². The second-order valence-electron chi connectivity index (χ2n) is 5.40. The molecular formula is C19H12BrFN2O. The minimum atomic E-state index is -0.296. The van der Waals surface area contributed by atoms with Gasteiger partial charge in [0.25, 0.3) is 0 Å². The van der Waals surface area contributed by atoms with E-state index in [9.17, 15) is 9.50 Å². The first kappa shape index (κ1) is 14.9. The molecule has 4 aromatic rings. The average molecular weight is 383 g/mol. The lowest BCUT2D eigenvalue weighted by atomic mass is 10.1. The second-order valence-corrected chi connectivity index (χ2v) is 6.15. The van der Waals surface area contributed by atoms with Crippen LogP contribution in [0.15, 0.2) is 71.6 Å². The third-order valence-corrected chi connectivity index (χ3v) is 4.70. The van der Waals surface area contributed by atoms with Crippen molar-refractivity contribution in [3.05, 3.63) is 77.4 Å². The van der Waals surface area contributed by atoms with Crippen LogP contribution in [0, 0.1) is 5.82 Å². The summed E-state index contributed by atoms with van der Waals surface area (Å²) in [5.41, 5.74) is 3.36. The Labute approximate surface area is 146 Å². The fourth-order valence-corrected chi connectivity index (χ4v) is 3.72. The van der Waals surface area contributed by atoms with Crippen LogP contribution < -0.4 is 0 Å². The molecular weight excluding hydrogens is 371 g/mol. The van der Waals surface area contributed by atoms with Gasteiger partial charge in [-0.1, -0.05) is 30.3 Å². The van der Waals surface area contributed by atoms with Gasteiger partial charge in [-0.15, -0.1) is 0 Å². The summed E-state index contributed by atoms with van der Waals surface area (Å²) in [6.07, 6.45) is 3.12. The molecule has 3 nitrogen and oxygen atoms in total. The van der Waals surface area contributed by atoms with Gasteiger partial charge in [0.15, 0.2) is 0 Å². The average Bonchev–Trinajstić information content (AvgIpc) is 2.90. The van der Waals surface area contributed by atoms with Gasteiger partial charge in [-0.25, -0.2) is 4.39 Å². The highest BCUT2D eigenvalue weighted by Crippen LogP contribution is 2.43. The number of hydrogen-bond acceptors (Lipinski definition) is 2. The Morgan fingerprint density at radius 1 is 0.958 bits per heavy atom. The molecule has 0 bridgehead atoms. The van der Waals surface area contributed by atoms with Gasteiger partial charge in [-0.05, 0) is 45.8 Å². The van der Waals surface area contributed by atoms with Crippen molar-refractivity contribution in [1.82, 2.24) is 9.55 Å². The molecule has 118 valence electrons. The van der Waals surface area contributed by atoms with Crippen LogP contribution >= 0.6 is 15.9 Å². The topological polar surface area (TPSA) is 38.1 Å². The molecule has 0 aliphatic rings. The molecule has 2 aromatic heterocycles. The predicted octanol–water partition coefficient (Wildman–Crippen LogP) is 5.30.